The van der Waals surface area contributed by atoms with Gasteiger partial charge in [-0.3, -0.25) is 19.2 Å². The van der Waals surface area contributed by atoms with Gasteiger partial charge in [0.25, 0.3) is 5.91 Å². The van der Waals surface area contributed by atoms with Gasteiger partial charge in [-0.2, -0.15) is 5.10 Å². The quantitative estimate of drug-likeness (QED) is 0.837. The van der Waals surface area contributed by atoms with Crippen LogP contribution in [-0.2, 0) is 16.6 Å². The molecule has 2 fully saturated rings. The third kappa shape index (κ3) is 1.82. The normalized spacial score (nSPS) is 27.6. The Labute approximate surface area is 111 Å². The number of anilines is 1. The number of nitrogens with zero attached hydrogens (tertiary/aromatic N) is 3. The first-order valence-electron chi connectivity index (χ1n) is 6.55. The summed E-state index contributed by atoms with van der Waals surface area (Å²) in [5.74, 6) is 0.145. The number of aromatic nitrogens is 2. The van der Waals surface area contributed by atoms with E-state index >= 15 is 0 Å². The maximum absolute atomic E-state index is 12.7. The number of carbonyl (C=O) groups is 2. The molecule has 0 spiro atoms. The van der Waals surface area contributed by atoms with Gasteiger partial charge < -0.3 is 5.32 Å². The minimum Gasteiger partial charge on any atom is -0.340 e. The maximum atomic E-state index is 12.7. The topological polar surface area (TPSA) is 67.2 Å². The van der Waals surface area contributed by atoms with Crippen molar-refractivity contribution in [1.82, 2.24) is 15.1 Å². The highest BCUT2D eigenvalue weighted by atomic mass is 16.2. The average Bonchev–Trinajstić information content (AvgIpc) is 3.11. The minimum absolute atomic E-state index is 0.0225. The number of nitrogens with one attached hydrogen (secondary N) is 1. The van der Waals surface area contributed by atoms with Gasteiger partial charge >= 0.3 is 0 Å². The first-order valence-corrected chi connectivity index (χ1v) is 6.55. The molecule has 6 heteroatoms. The van der Waals surface area contributed by atoms with Crippen LogP contribution < -0.4 is 10.2 Å². The predicted molar refractivity (Wildman–Crippen MR) is 69.6 cm³/mol. The van der Waals surface area contributed by atoms with Gasteiger partial charge in [-0.25, -0.2) is 0 Å². The molecule has 1 saturated heterocycles. The van der Waals surface area contributed by atoms with Crippen LogP contribution in [0.2, 0.25) is 0 Å². The monoisotopic (exact) mass is 262 g/mol. The highest BCUT2D eigenvalue weighted by Crippen LogP contribution is 2.42. The molecule has 0 radical (unpaired) electrons. The molecule has 1 saturated carbocycles. The van der Waals surface area contributed by atoms with Crippen molar-refractivity contribution in [2.75, 3.05) is 11.4 Å². The van der Waals surface area contributed by atoms with Crippen LogP contribution in [0.15, 0.2) is 6.20 Å². The molecule has 6 nitrogen and oxygen atoms in total. The van der Waals surface area contributed by atoms with Crippen LogP contribution in [0.4, 0.5) is 5.69 Å². The van der Waals surface area contributed by atoms with Gasteiger partial charge in [0.15, 0.2) is 0 Å². The van der Waals surface area contributed by atoms with E-state index in [-0.39, 0.29) is 24.3 Å². The van der Waals surface area contributed by atoms with Gasteiger partial charge in [-0.15, -0.1) is 0 Å². The number of amides is 2. The summed E-state index contributed by atoms with van der Waals surface area (Å²) in [5, 5.41) is 7.12. The third-order valence-electron chi connectivity index (χ3n) is 4.06. The van der Waals surface area contributed by atoms with E-state index in [4.69, 9.17) is 0 Å². The molecule has 0 bridgehead atoms. The number of carbonyl (C=O) groups excluding carboxylic acids is 2. The molecule has 1 unspecified atom stereocenters. The van der Waals surface area contributed by atoms with E-state index in [9.17, 15) is 9.59 Å². The lowest BCUT2D eigenvalue weighted by atomic mass is 9.91. The Balaban J connectivity index is 1.99. The van der Waals surface area contributed by atoms with E-state index in [0.717, 1.165) is 24.2 Å². The molecule has 1 aliphatic carbocycles. The first kappa shape index (κ1) is 12.2. The Hall–Kier alpha value is -1.85. The van der Waals surface area contributed by atoms with Crippen LogP contribution in [0.1, 0.15) is 25.5 Å². The van der Waals surface area contributed by atoms with Crippen LogP contribution in [0.3, 0.4) is 0 Å². The van der Waals surface area contributed by atoms with Crippen molar-refractivity contribution < 1.29 is 9.59 Å². The smallest absolute Gasteiger partial charge is 0.253 e. The number of hydrogen-bond acceptors (Lipinski definition) is 3. The summed E-state index contributed by atoms with van der Waals surface area (Å²) < 4.78 is 1.67. The second-order valence-corrected chi connectivity index (χ2v) is 5.69. The Morgan fingerprint density at radius 2 is 2.11 bits per heavy atom. The fourth-order valence-corrected chi connectivity index (χ4v) is 2.86. The van der Waals surface area contributed by atoms with Crippen molar-refractivity contribution in [3.63, 3.8) is 0 Å². The van der Waals surface area contributed by atoms with Crippen molar-refractivity contribution >= 4 is 17.5 Å². The summed E-state index contributed by atoms with van der Waals surface area (Å²) in [6, 6.07) is 0. The van der Waals surface area contributed by atoms with Crippen LogP contribution in [-0.4, -0.2) is 33.7 Å². The van der Waals surface area contributed by atoms with Crippen molar-refractivity contribution in [3.8, 4) is 0 Å². The zero-order valence-corrected chi connectivity index (χ0v) is 11.4. The molecular formula is C13H18N4O2. The third-order valence-corrected chi connectivity index (χ3v) is 4.06. The van der Waals surface area contributed by atoms with Crippen LogP contribution in [0.5, 0.6) is 0 Å². The van der Waals surface area contributed by atoms with Gasteiger partial charge in [0.2, 0.25) is 5.91 Å². The summed E-state index contributed by atoms with van der Waals surface area (Å²) in [6.45, 7) is 3.76. The van der Waals surface area contributed by atoms with Gasteiger partial charge in [0, 0.05) is 13.2 Å². The largest absolute Gasteiger partial charge is 0.340 e. The lowest BCUT2D eigenvalue weighted by Crippen LogP contribution is -2.66. The lowest BCUT2D eigenvalue weighted by Gasteiger charge is -2.39. The lowest BCUT2D eigenvalue weighted by molar-refractivity contribution is -0.136. The number of aryl methyl sites for hydroxylation is 2. The Morgan fingerprint density at radius 3 is 2.63 bits per heavy atom. The van der Waals surface area contributed by atoms with Crippen LogP contribution >= 0.6 is 0 Å². The number of hydrogen-bond donors (Lipinski definition) is 1. The predicted octanol–water partition coefficient (Wildman–Crippen LogP) is 0.360. The molecule has 2 aliphatic rings. The molecule has 2 heterocycles. The highest BCUT2D eigenvalue weighted by molar-refractivity contribution is 6.09. The fraction of sp³-hybridized carbons (Fsp3) is 0.615. The van der Waals surface area contributed by atoms with E-state index in [0.29, 0.717) is 0 Å². The molecular weight excluding hydrogens is 244 g/mol. The maximum Gasteiger partial charge on any atom is 0.253 e. The second kappa shape index (κ2) is 3.82. The van der Waals surface area contributed by atoms with Gasteiger partial charge in [-0.05, 0) is 32.6 Å². The molecule has 2 amide bonds. The van der Waals surface area contributed by atoms with E-state index < -0.39 is 5.54 Å². The summed E-state index contributed by atoms with van der Waals surface area (Å²) >= 11 is 0. The van der Waals surface area contributed by atoms with Gasteiger partial charge in [0.05, 0.1) is 11.4 Å². The summed E-state index contributed by atoms with van der Waals surface area (Å²) in [5.41, 5.74) is 0.746. The van der Waals surface area contributed by atoms with Crippen molar-refractivity contribution in [1.29, 1.82) is 0 Å². The van der Waals surface area contributed by atoms with Crippen molar-refractivity contribution in [2.45, 2.75) is 32.2 Å². The molecule has 102 valence electrons. The Morgan fingerprint density at radius 1 is 1.42 bits per heavy atom. The van der Waals surface area contributed by atoms with Gasteiger partial charge in [-0.1, -0.05) is 0 Å². The molecule has 1 atom stereocenters. The molecule has 1 aliphatic heterocycles. The first-order chi connectivity index (χ1) is 8.91. The second-order valence-electron chi connectivity index (χ2n) is 5.69. The summed E-state index contributed by atoms with van der Waals surface area (Å²) in [7, 11) is 1.81. The number of piperazine rings is 1. The zero-order chi connectivity index (χ0) is 13.8. The van der Waals surface area contributed by atoms with E-state index in [1.165, 1.54) is 0 Å². The number of rotatable bonds is 2. The zero-order valence-electron chi connectivity index (χ0n) is 11.4. The standard InChI is InChI=1S/C13H18N4O2/c1-8-10(6-16(3)15-8)17-7-11(18)14-13(2,12(17)19)9-4-5-9/h6,9H,4-5,7H2,1-3H3,(H,14,18). The van der Waals surface area contributed by atoms with E-state index in [1.54, 1.807) is 15.8 Å². The molecule has 19 heavy (non-hydrogen) atoms. The molecule has 1 N–H and O–H groups in total. The molecule has 1 aromatic heterocycles. The van der Waals surface area contributed by atoms with E-state index in [1.807, 2.05) is 20.9 Å². The molecule has 3 rings (SSSR count). The van der Waals surface area contributed by atoms with Gasteiger partial charge in [0.1, 0.15) is 12.1 Å². The average molecular weight is 262 g/mol. The molecule has 0 aromatic carbocycles. The molecule has 1 aromatic rings. The van der Waals surface area contributed by atoms with Crippen LogP contribution in [0, 0.1) is 12.8 Å². The van der Waals surface area contributed by atoms with Crippen molar-refractivity contribution in [2.24, 2.45) is 13.0 Å². The summed E-state index contributed by atoms with van der Waals surface area (Å²) in [6.07, 6.45) is 3.80. The Bertz CT molecular complexity index is 561. The van der Waals surface area contributed by atoms with Crippen molar-refractivity contribution in [3.05, 3.63) is 11.9 Å². The van der Waals surface area contributed by atoms with Crippen LogP contribution in [0.25, 0.3) is 0 Å². The highest BCUT2D eigenvalue weighted by Gasteiger charge is 2.53. The Kier molecular flexibility index (Phi) is 2.45. The SMILES string of the molecule is Cc1nn(C)cc1N1CC(=O)NC(C)(C2CC2)C1=O. The summed E-state index contributed by atoms with van der Waals surface area (Å²) in [4.78, 5) is 26.2. The fourth-order valence-electron chi connectivity index (χ4n) is 2.86. The van der Waals surface area contributed by atoms with E-state index in [2.05, 4.69) is 10.4 Å². The minimum atomic E-state index is -0.752.